The van der Waals surface area contributed by atoms with Gasteiger partial charge in [0.05, 0.1) is 11.3 Å². The van der Waals surface area contributed by atoms with Crippen LogP contribution in [0.3, 0.4) is 0 Å². The Morgan fingerprint density at radius 2 is 1.90 bits per heavy atom. The van der Waals surface area contributed by atoms with Crippen molar-refractivity contribution >= 4 is 11.7 Å². The van der Waals surface area contributed by atoms with Crippen LogP contribution in [-0.2, 0) is 0 Å². The minimum atomic E-state index is -4.41. The number of rotatable bonds is 2. The van der Waals surface area contributed by atoms with E-state index in [1.807, 2.05) is 20.8 Å². The number of hydrogen-bond donors (Lipinski definition) is 1. The normalized spacial score (nSPS) is 24.1. The first kappa shape index (κ1) is 21.6. The highest BCUT2D eigenvalue weighted by Gasteiger charge is 2.48. The van der Waals surface area contributed by atoms with Crippen molar-refractivity contribution in [2.45, 2.75) is 57.8 Å². The van der Waals surface area contributed by atoms with E-state index in [-0.39, 0.29) is 29.4 Å². The quantitative estimate of drug-likeness (QED) is 0.673. The topological polar surface area (TPSA) is 50.2 Å². The Morgan fingerprint density at radius 1 is 1.19 bits per heavy atom. The van der Waals surface area contributed by atoms with Crippen molar-refractivity contribution < 1.29 is 22.4 Å². The number of amides is 1. The summed E-state index contributed by atoms with van der Waals surface area (Å²) in [6.45, 7) is 6.43. The molecule has 0 aliphatic carbocycles. The molecule has 0 bridgehead atoms. The molecule has 5 nitrogen and oxygen atoms in total. The number of likely N-dealkylation sites (tertiary alicyclic amines) is 1. The van der Waals surface area contributed by atoms with Gasteiger partial charge in [-0.3, -0.25) is 4.79 Å². The average Bonchev–Trinajstić information content (AvgIpc) is 3.32. The summed E-state index contributed by atoms with van der Waals surface area (Å²) >= 11 is 0. The number of alkyl halides is 3. The van der Waals surface area contributed by atoms with Crippen LogP contribution in [0.4, 0.5) is 23.4 Å². The second-order valence-corrected chi connectivity index (χ2v) is 9.47. The Hall–Kier alpha value is -2.58. The molecule has 4 rings (SSSR count). The molecule has 1 aromatic heterocycles. The van der Waals surface area contributed by atoms with Gasteiger partial charge in [-0.25, -0.2) is 9.07 Å². The van der Waals surface area contributed by atoms with Crippen molar-refractivity contribution in [1.29, 1.82) is 0 Å². The maximum Gasteiger partial charge on any atom is 0.410 e. The van der Waals surface area contributed by atoms with Gasteiger partial charge in [0.1, 0.15) is 11.6 Å². The first-order valence-corrected chi connectivity index (χ1v) is 10.4. The van der Waals surface area contributed by atoms with E-state index < -0.39 is 23.9 Å². The molecule has 0 spiro atoms. The number of fused-ring (bicyclic) bond motifs is 1. The maximum atomic E-state index is 14.0. The summed E-state index contributed by atoms with van der Waals surface area (Å²) in [5.41, 5.74) is 0.171. The van der Waals surface area contributed by atoms with Crippen molar-refractivity contribution in [2.75, 3.05) is 18.4 Å². The number of anilines is 1. The lowest BCUT2D eigenvalue weighted by atomic mass is 9.82. The number of hydrogen-bond acceptors (Lipinski definition) is 3. The van der Waals surface area contributed by atoms with E-state index in [4.69, 9.17) is 0 Å². The van der Waals surface area contributed by atoms with Crippen LogP contribution in [-0.4, -0.2) is 45.9 Å². The third-order valence-electron chi connectivity index (χ3n) is 6.25. The molecule has 0 radical (unpaired) electrons. The summed E-state index contributed by atoms with van der Waals surface area (Å²) in [5.74, 6) is -0.845. The fourth-order valence-corrected chi connectivity index (χ4v) is 4.35. The number of carbonyl (C=O) groups excluding carboxylic acids is 1. The molecule has 1 amide bonds. The Labute approximate surface area is 178 Å². The van der Waals surface area contributed by atoms with Crippen LogP contribution in [0.25, 0.3) is 0 Å². The lowest BCUT2D eigenvalue weighted by molar-refractivity contribution is -0.175. The molecule has 1 aromatic carbocycles. The smallest absolute Gasteiger partial charge is 0.367 e. The molecule has 1 N–H and O–H groups in total. The SMILES string of the molecule is CC(C)(C)[C@@H]1C[C@@H](C(F)(F)F)n2nc([C@H]3CCN(C(=O)c4ccccc4F)C3)cc2N1. The average molecular weight is 438 g/mol. The van der Waals surface area contributed by atoms with E-state index in [9.17, 15) is 22.4 Å². The summed E-state index contributed by atoms with van der Waals surface area (Å²) < 4.78 is 56.4. The zero-order chi connectivity index (χ0) is 22.6. The molecule has 3 heterocycles. The summed E-state index contributed by atoms with van der Waals surface area (Å²) in [5, 5.41) is 7.52. The van der Waals surface area contributed by atoms with Gasteiger partial charge in [-0.05, 0) is 30.4 Å². The van der Waals surface area contributed by atoms with Crippen LogP contribution in [0.1, 0.15) is 61.6 Å². The monoisotopic (exact) mass is 438 g/mol. The van der Waals surface area contributed by atoms with Crippen LogP contribution >= 0.6 is 0 Å². The third kappa shape index (κ3) is 4.14. The number of aromatic nitrogens is 2. The standard InChI is InChI=1S/C22H26F4N4O/c1-21(2,3)17-11-18(22(24,25)26)30-19(27-17)10-16(28-30)13-8-9-29(12-13)20(31)14-6-4-5-7-15(14)23/h4-7,10,13,17-18,27H,8-9,11-12H2,1-3H3/t13-,17-,18-/m0/s1. The van der Waals surface area contributed by atoms with Crippen molar-refractivity contribution in [3.05, 3.63) is 47.4 Å². The van der Waals surface area contributed by atoms with Gasteiger partial charge in [0.25, 0.3) is 5.91 Å². The van der Waals surface area contributed by atoms with E-state index in [0.29, 0.717) is 31.0 Å². The Morgan fingerprint density at radius 3 is 2.55 bits per heavy atom. The van der Waals surface area contributed by atoms with Crippen LogP contribution in [0, 0.1) is 11.2 Å². The van der Waals surface area contributed by atoms with Gasteiger partial charge in [-0.2, -0.15) is 18.3 Å². The Balaban J connectivity index is 1.57. The van der Waals surface area contributed by atoms with Crippen LogP contribution in [0.2, 0.25) is 0 Å². The molecular weight excluding hydrogens is 412 g/mol. The number of nitrogens with zero attached hydrogens (tertiary/aromatic N) is 3. The molecule has 0 unspecified atom stereocenters. The van der Waals surface area contributed by atoms with E-state index in [0.717, 1.165) is 4.68 Å². The van der Waals surface area contributed by atoms with Crippen molar-refractivity contribution in [3.63, 3.8) is 0 Å². The van der Waals surface area contributed by atoms with E-state index in [1.165, 1.54) is 23.1 Å². The van der Waals surface area contributed by atoms with Crippen molar-refractivity contribution in [3.8, 4) is 0 Å². The van der Waals surface area contributed by atoms with Gasteiger partial charge < -0.3 is 10.2 Å². The van der Waals surface area contributed by atoms with Gasteiger partial charge in [0, 0.05) is 31.1 Å². The van der Waals surface area contributed by atoms with Gasteiger partial charge in [-0.1, -0.05) is 32.9 Å². The van der Waals surface area contributed by atoms with E-state index >= 15 is 0 Å². The largest absolute Gasteiger partial charge is 0.410 e. The van der Waals surface area contributed by atoms with E-state index in [2.05, 4.69) is 10.4 Å². The molecule has 3 atom stereocenters. The summed E-state index contributed by atoms with van der Waals surface area (Å²) in [6.07, 6.45) is -3.94. The van der Waals surface area contributed by atoms with Crippen LogP contribution in [0.15, 0.2) is 30.3 Å². The zero-order valence-corrected chi connectivity index (χ0v) is 17.7. The van der Waals surface area contributed by atoms with E-state index in [1.54, 1.807) is 12.1 Å². The van der Waals surface area contributed by atoms with Crippen LogP contribution in [0.5, 0.6) is 0 Å². The molecular formula is C22H26F4N4O. The minimum Gasteiger partial charge on any atom is -0.367 e. The maximum absolute atomic E-state index is 14.0. The molecule has 2 aliphatic rings. The highest BCUT2D eigenvalue weighted by molar-refractivity contribution is 5.94. The first-order valence-electron chi connectivity index (χ1n) is 10.4. The Kier molecular flexibility index (Phi) is 5.26. The summed E-state index contributed by atoms with van der Waals surface area (Å²) in [6, 6.07) is 5.41. The molecule has 1 saturated heterocycles. The number of carbonyl (C=O) groups is 1. The molecule has 2 aromatic rings. The molecule has 1 fully saturated rings. The molecule has 31 heavy (non-hydrogen) atoms. The number of benzene rings is 1. The Bertz CT molecular complexity index is 979. The predicted molar refractivity (Wildman–Crippen MR) is 108 cm³/mol. The van der Waals surface area contributed by atoms with Crippen molar-refractivity contribution in [2.24, 2.45) is 5.41 Å². The van der Waals surface area contributed by atoms with Gasteiger partial charge in [-0.15, -0.1) is 0 Å². The molecule has 0 saturated carbocycles. The lowest BCUT2D eigenvalue weighted by Crippen LogP contribution is -2.44. The second-order valence-electron chi connectivity index (χ2n) is 9.47. The van der Waals surface area contributed by atoms with Gasteiger partial charge >= 0.3 is 6.18 Å². The lowest BCUT2D eigenvalue weighted by Gasteiger charge is -2.39. The third-order valence-corrected chi connectivity index (χ3v) is 6.25. The summed E-state index contributed by atoms with van der Waals surface area (Å²) in [7, 11) is 0. The molecule has 9 heteroatoms. The van der Waals surface area contributed by atoms with Crippen molar-refractivity contribution in [1.82, 2.24) is 14.7 Å². The minimum absolute atomic E-state index is 0.000828. The zero-order valence-electron chi connectivity index (χ0n) is 17.7. The first-order chi connectivity index (χ1) is 14.4. The summed E-state index contributed by atoms with van der Waals surface area (Å²) in [4.78, 5) is 14.2. The molecule has 168 valence electrons. The number of halogens is 4. The van der Waals surface area contributed by atoms with Crippen LogP contribution < -0.4 is 5.32 Å². The fourth-order valence-electron chi connectivity index (χ4n) is 4.35. The van der Waals surface area contributed by atoms with Gasteiger partial charge in [0.15, 0.2) is 6.04 Å². The number of nitrogens with one attached hydrogen (secondary N) is 1. The molecule has 2 aliphatic heterocycles. The van der Waals surface area contributed by atoms with Gasteiger partial charge in [0.2, 0.25) is 0 Å². The highest BCUT2D eigenvalue weighted by Crippen LogP contribution is 2.44. The highest BCUT2D eigenvalue weighted by atomic mass is 19.4. The second kappa shape index (κ2) is 7.53. The predicted octanol–water partition coefficient (Wildman–Crippen LogP) is 4.99. The fraction of sp³-hybridized carbons (Fsp3) is 0.545.